The summed E-state index contributed by atoms with van der Waals surface area (Å²) in [5.74, 6) is -0.514. The van der Waals surface area contributed by atoms with Gasteiger partial charge in [0.15, 0.2) is 0 Å². The average Bonchev–Trinajstić information content (AvgIpc) is 3.38. The van der Waals surface area contributed by atoms with E-state index >= 15 is 0 Å². The number of alkyl halides is 6. The van der Waals surface area contributed by atoms with E-state index in [0.717, 1.165) is 42.5 Å². The normalized spacial score (nSPS) is 17.2. The molecule has 0 aliphatic carbocycles. The third kappa shape index (κ3) is 6.33. The highest BCUT2D eigenvalue weighted by atomic mass is 35.5. The number of nitrogens with one attached hydrogen (secondary N) is 1. The molecule has 1 atom stereocenters. The SMILES string of the molecule is CN1CC[C@@H](Oc2cc(NS(=O)(=O)c3sc(Cl)cc3-c3ccc(C(F)(F)F)cc3)ccc2C(F)(F)F)C1. The molecule has 1 aliphatic rings. The minimum atomic E-state index is -4.73. The van der Waals surface area contributed by atoms with Gasteiger partial charge in [-0.15, -0.1) is 11.3 Å². The van der Waals surface area contributed by atoms with Crippen LogP contribution in [0.15, 0.2) is 52.7 Å². The van der Waals surface area contributed by atoms with Crippen molar-refractivity contribution in [2.45, 2.75) is 29.1 Å². The number of halogens is 7. The Morgan fingerprint density at radius 2 is 1.70 bits per heavy atom. The fourth-order valence-electron chi connectivity index (χ4n) is 3.87. The Morgan fingerprint density at radius 1 is 1.03 bits per heavy atom. The lowest BCUT2D eigenvalue weighted by molar-refractivity contribution is -0.139. The summed E-state index contributed by atoms with van der Waals surface area (Å²) < 4.78 is 113. The fourth-order valence-corrected chi connectivity index (χ4v) is 6.82. The van der Waals surface area contributed by atoms with Gasteiger partial charge in [0.05, 0.1) is 21.2 Å². The molecule has 3 aromatic rings. The number of likely N-dealkylation sites (tertiary alicyclic amines) is 1. The van der Waals surface area contributed by atoms with Crippen molar-refractivity contribution in [3.63, 3.8) is 0 Å². The molecular formula is C23H19ClF6N2O3S2. The van der Waals surface area contributed by atoms with E-state index in [1.807, 2.05) is 4.90 Å². The summed E-state index contributed by atoms with van der Waals surface area (Å²) in [5.41, 5.74) is -1.93. The van der Waals surface area contributed by atoms with E-state index in [4.69, 9.17) is 16.3 Å². The van der Waals surface area contributed by atoms with E-state index in [1.54, 1.807) is 7.05 Å². The molecular weight excluding hydrogens is 566 g/mol. The molecule has 0 unspecified atom stereocenters. The van der Waals surface area contributed by atoms with Crippen molar-refractivity contribution in [3.05, 3.63) is 64.0 Å². The molecule has 0 saturated carbocycles. The van der Waals surface area contributed by atoms with Crippen LogP contribution in [0.4, 0.5) is 32.0 Å². The van der Waals surface area contributed by atoms with E-state index in [9.17, 15) is 34.8 Å². The van der Waals surface area contributed by atoms with Crippen LogP contribution in [0.5, 0.6) is 5.75 Å². The number of benzene rings is 2. The average molecular weight is 585 g/mol. The van der Waals surface area contributed by atoms with Crippen molar-refractivity contribution in [1.82, 2.24) is 4.90 Å². The molecule has 2 aromatic carbocycles. The molecule has 1 saturated heterocycles. The highest BCUT2D eigenvalue weighted by Crippen LogP contribution is 2.42. The summed E-state index contributed by atoms with van der Waals surface area (Å²) >= 11 is 6.69. The third-order valence-electron chi connectivity index (χ3n) is 5.62. The molecule has 0 radical (unpaired) electrons. The topological polar surface area (TPSA) is 58.6 Å². The van der Waals surface area contributed by atoms with Crippen LogP contribution in [0.1, 0.15) is 17.5 Å². The number of hydrogen-bond donors (Lipinski definition) is 1. The smallest absolute Gasteiger partial charge is 0.419 e. The van der Waals surface area contributed by atoms with E-state index in [2.05, 4.69) is 4.72 Å². The van der Waals surface area contributed by atoms with Crippen LogP contribution in [0.25, 0.3) is 11.1 Å². The zero-order chi connectivity index (χ0) is 27.2. The Morgan fingerprint density at radius 3 is 2.27 bits per heavy atom. The molecule has 1 aromatic heterocycles. The van der Waals surface area contributed by atoms with Crippen molar-refractivity contribution < 1.29 is 39.5 Å². The van der Waals surface area contributed by atoms with E-state index in [0.29, 0.717) is 30.8 Å². The van der Waals surface area contributed by atoms with Gasteiger partial charge < -0.3 is 9.64 Å². The number of ether oxygens (including phenoxy) is 1. The highest BCUT2D eigenvalue weighted by molar-refractivity contribution is 7.94. The van der Waals surface area contributed by atoms with Crippen LogP contribution in [0.2, 0.25) is 4.34 Å². The first-order valence-electron chi connectivity index (χ1n) is 10.7. The molecule has 200 valence electrons. The quantitative estimate of drug-likeness (QED) is 0.317. The van der Waals surface area contributed by atoms with E-state index < -0.39 is 45.4 Å². The van der Waals surface area contributed by atoms with Gasteiger partial charge in [-0.05, 0) is 49.4 Å². The van der Waals surface area contributed by atoms with Gasteiger partial charge in [-0.1, -0.05) is 23.7 Å². The number of rotatable bonds is 6. The molecule has 4 rings (SSSR count). The monoisotopic (exact) mass is 584 g/mol. The van der Waals surface area contributed by atoms with Crippen molar-refractivity contribution in [2.24, 2.45) is 0 Å². The van der Waals surface area contributed by atoms with E-state index in [-0.39, 0.29) is 25.4 Å². The predicted octanol–water partition coefficient (Wildman–Crippen LogP) is 6.99. The maximum Gasteiger partial charge on any atom is 0.419 e. The van der Waals surface area contributed by atoms with Gasteiger partial charge in [-0.3, -0.25) is 4.72 Å². The molecule has 5 nitrogen and oxygen atoms in total. The summed E-state index contributed by atoms with van der Waals surface area (Å²) in [5, 5.41) is 0. The van der Waals surface area contributed by atoms with Crippen LogP contribution in [-0.4, -0.2) is 39.6 Å². The molecule has 14 heteroatoms. The minimum Gasteiger partial charge on any atom is -0.488 e. The lowest BCUT2D eigenvalue weighted by Gasteiger charge is -2.19. The number of likely N-dealkylation sites (N-methyl/N-ethyl adjacent to an activating group) is 1. The largest absolute Gasteiger partial charge is 0.488 e. The Hall–Kier alpha value is -2.48. The van der Waals surface area contributed by atoms with Gasteiger partial charge in [0.1, 0.15) is 16.1 Å². The molecule has 1 aliphatic heterocycles. The van der Waals surface area contributed by atoms with Crippen molar-refractivity contribution in [1.29, 1.82) is 0 Å². The summed E-state index contributed by atoms with van der Waals surface area (Å²) in [7, 11) is -2.59. The Labute approximate surface area is 217 Å². The van der Waals surface area contributed by atoms with Gasteiger partial charge in [0.25, 0.3) is 10.0 Å². The van der Waals surface area contributed by atoms with Gasteiger partial charge in [-0.25, -0.2) is 8.42 Å². The molecule has 1 fully saturated rings. The van der Waals surface area contributed by atoms with Crippen molar-refractivity contribution >= 4 is 38.6 Å². The van der Waals surface area contributed by atoms with Gasteiger partial charge >= 0.3 is 12.4 Å². The fraction of sp³-hybridized carbons (Fsp3) is 0.304. The zero-order valence-corrected chi connectivity index (χ0v) is 21.3. The molecule has 37 heavy (non-hydrogen) atoms. The highest BCUT2D eigenvalue weighted by Gasteiger charge is 2.36. The van der Waals surface area contributed by atoms with Crippen LogP contribution in [0, 0.1) is 0 Å². The standard InChI is InChI=1S/C23H19ClF6N2O3S2/c1-32-9-8-16(12-32)35-19-10-15(6-7-18(19)23(28,29)30)31-37(33,34)21-17(11-20(24)36-21)13-2-4-14(5-3-13)22(25,26)27/h2-7,10-11,16,31H,8-9,12H2,1H3/t16-/m1/s1. The third-order valence-corrected chi connectivity index (χ3v) is 8.80. The maximum absolute atomic E-state index is 13.6. The van der Waals surface area contributed by atoms with Crippen LogP contribution < -0.4 is 9.46 Å². The summed E-state index contributed by atoms with van der Waals surface area (Å²) in [6.45, 7) is 1.06. The molecule has 0 spiro atoms. The zero-order valence-electron chi connectivity index (χ0n) is 19.0. The van der Waals surface area contributed by atoms with Crippen molar-refractivity contribution in [2.75, 3.05) is 24.9 Å². The number of anilines is 1. The van der Waals surface area contributed by atoms with Crippen LogP contribution in [-0.2, 0) is 22.4 Å². The summed E-state index contributed by atoms with van der Waals surface area (Å²) in [4.78, 5) is 1.90. The molecule has 0 amide bonds. The Kier molecular flexibility index (Phi) is 7.45. The van der Waals surface area contributed by atoms with Gasteiger partial charge in [0.2, 0.25) is 0 Å². The Bertz CT molecular complexity index is 1390. The Balaban J connectivity index is 1.66. The first-order valence-corrected chi connectivity index (χ1v) is 13.4. The number of sulfonamides is 1. The lowest BCUT2D eigenvalue weighted by atomic mass is 10.1. The second kappa shape index (κ2) is 10.0. The van der Waals surface area contributed by atoms with Crippen molar-refractivity contribution in [3.8, 4) is 16.9 Å². The second-order valence-electron chi connectivity index (χ2n) is 8.43. The number of hydrogen-bond acceptors (Lipinski definition) is 5. The minimum absolute atomic E-state index is 0.0496. The van der Waals surface area contributed by atoms with Gasteiger partial charge in [0, 0.05) is 24.7 Å². The van der Waals surface area contributed by atoms with Crippen LogP contribution in [0.3, 0.4) is 0 Å². The second-order valence-corrected chi connectivity index (χ2v) is 12.0. The summed E-state index contributed by atoms with van der Waals surface area (Å²) in [6, 6.07) is 7.79. The lowest BCUT2D eigenvalue weighted by Crippen LogP contribution is -2.23. The van der Waals surface area contributed by atoms with Crippen LogP contribution >= 0.6 is 22.9 Å². The first-order chi connectivity index (χ1) is 17.1. The predicted molar refractivity (Wildman–Crippen MR) is 129 cm³/mol. The molecule has 2 heterocycles. The first kappa shape index (κ1) is 27.6. The summed E-state index contributed by atoms with van der Waals surface area (Å²) in [6.07, 6.45) is -9.29. The molecule has 0 bridgehead atoms. The van der Waals surface area contributed by atoms with E-state index in [1.165, 1.54) is 6.07 Å². The number of thiophene rings is 1. The van der Waals surface area contributed by atoms with Gasteiger partial charge in [-0.2, -0.15) is 26.3 Å². The number of nitrogens with zero attached hydrogens (tertiary/aromatic N) is 1. The molecule has 1 N–H and O–H groups in total. The maximum atomic E-state index is 13.6.